The first-order valence-corrected chi connectivity index (χ1v) is 22.3. The number of aryl methyl sites for hydroxylation is 1. The molecule has 6 aromatic rings. The summed E-state index contributed by atoms with van der Waals surface area (Å²) in [5, 5.41) is 10.3. The normalized spacial score (nSPS) is 18.4. The van der Waals surface area contributed by atoms with Crippen LogP contribution in [-0.4, -0.2) is 105 Å². The molecule has 9 rings (SSSR count). The zero-order chi connectivity index (χ0) is 44.7. The Balaban J connectivity index is 0.782. The van der Waals surface area contributed by atoms with Gasteiger partial charge in [-0.2, -0.15) is 4.98 Å². The van der Waals surface area contributed by atoms with Gasteiger partial charge in [0, 0.05) is 103 Å². The number of pyridine rings is 1. The third-order valence-corrected chi connectivity index (χ3v) is 12.9. The third kappa shape index (κ3) is 8.91. The first-order valence-electron chi connectivity index (χ1n) is 22.3. The van der Waals surface area contributed by atoms with Gasteiger partial charge in [-0.25, -0.2) is 19.7 Å². The number of benzene rings is 2. The van der Waals surface area contributed by atoms with E-state index in [0.29, 0.717) is 30.7 Å². The molecule has 3 aliphatic rings. The predicted octanol–water partition coefficient (Wildman–Crippen LogP) is 7.04. The van der Waals surface area contributed by atoms with E-state index in [0.717, 1.165) is 108 Å². The molecule has 16 nitrogen and oxygen atoms in total. The number of fused-ring (bicyclic) bond motifs is 1. The van der Waals surface area contributed by atoms with Crippen molar-refractivity contribution in [3.8, 4) is 22.5 Å². The Bertz CT molecular complexity index is 2660. The van der Waals surface area contributed by atoms with Crippen LogP contribution >= 0.6 is 0 Å². The summed E-state index contributed by atoms with van der Waals surface area (Å²) in [6, 6.07) is 20.3. The maximum atomic E-state index is 13.0. The lowest BCUT2D eigenvalue weighted by Crippen LogP contribution is -2.53. The molecule has 4 amide bonds. The molecule has 3 aliphatic heterocycles. The number of carbonyl (C=O) groups excluding carboxylic acids is 3. The summed E-state index contributed by atoms with van der Waals surface area (Å²) in [6.07, 6.45) is 6.13. The molecule has 2 aromatic carbocycles. The van der Waals surface area contributed by atoms with E-state index in [9.17, 15) is 14.4 Å². The number of carbonyl (C=O) groups is 3. The van der Waals surface area contributed by atoms with E-state index in [-0.39, 0.29) is 29.3 Å². The van der Waals surface area contributed by atoms with E-state index in [4.69, 9.17) is 14.5 Å². The van der Waals surface area contributed by atoms with Gasteiger partial charge in [-0.15, -0.1) is 0 Å². The summed E-state index contributed by atoms with van der Waals surface area (Å²) >= 11 is 0. The van der Waals surface area contributed by atoms with E-state index in [1.165, 1.54) is 5.69 Å². The zero-order valence-electron chi connectivity index (χ0n) is 37.4. The molecule has 0 aliphatic carbocycles. The lowest BCUT2D eigenvalue weighted by molar-refractivity contribution is -0.120. The molecule has 3 saturated heterocycles. The predicted molar refractivity (Wildman–Crippen MR) is 246 cm³/mol. The number of amides is 4. The van der Waals surface area contributed by atoms with E-state index >= 15 is 0 Å². The van der Waals surface area contributed by atoms with Crippen LogP contribution in [0.25, 0.3) is 33.5 Å². The largest absolute Gasteiger partial charge is 0.372 e. The number of H-pyrrole nitrogens is 1. The van der Waals surface area contributed by atoms with Crippen molar-refractivity contribution in [3.63, 3.8) is 0 Å². The van der Waals surface area contributed by atoms with E-state index in [2.05, 4.69) is 88.8 Å². The minimum absolute atomic E-state index is 0.0503. The summed E-state index contributed by atoms with van der Waals surface area (Å²) in [4.78, 5) is 67.9. The lowest BCUT2D eigenvalue weighted by Gasteiger charge is -2.43. The number of rotatable bonds is 10. The maximum absolute atomic E-state index is 13.0. The molecule has 0 saturated carbocycles. The Hall–Kier alpha value is -6.68. The molecular weight excluding hydrogens is 809 g/mol. The molecule has 4 aromatic heterocycles. The second-order valence-corrected chi connectivity index (χ2v) is 18.5. The van der Waals surface area contributed by atoms with Crippen molar-refractivity contribution in [1.82, 2.24) is 45.6 Å². The Labute approximate surface area is 372 Å². The van der Waals surface area contributed by atoms with Crippen LogP contribution in [0.5, 0.6) is 0 Å². The fourth-order valence-electron chi connectivity index (χ4n) is 9.24. The number of piperazine rings is 1. The van der Waals surface area contributed by atoms with Gasteiger partial charge in [0.15, 0.2) is 5.82 Å². The summed E-state index contributed by atoms with van der Waals surface area (Å²) in [7, 11) is 0. The highest BCUT2D eigenvalue weighted by Gasteiger charge is 2.30. The molecule has 2 atom stereocenters. The number of hydrogen-bond acceptors (Lipinski definition) is 12. The highest BCUT2D eigenvalue weighted by atomic mass is 16.5. The molecule has 332 valence electrons. The van der Waals surface area contributed by atoms with Crippen molar-refractivity contribution in [3.05, 3.63) is 96.0 Å². The number of hydrogen-bond donors (Lipinski definition) is 3. The second kappa shape index (κ2) is 17.5. The van der Waals surface area contributed by atoms with Gasteiger partial charge in [-0.1, -0.05) is 38.1 Å². The van der Waals surface area contributed by atoms with Gasteiger partial charge >= 0.3 is 17.8 Å². The van der Waals surface area contributed by atoms with Crippen LogP contribution in [-0.2, 0) is 10.2 Å². The van der Waals surface area contributed by atoms with E-state index < -0.39 is 5.91 Å². The lowest BCUT2D eigenvalue weighted by atomic mass is 9.95. The average Bonchev–Trinajstić information content (AvgIpc) is 3.97. The molecule has 64 heavy (non-hydrogen) atoms. The van der Waals surface area contributed by atoms with Crippen LogP contribution in [0.1, 0.15) is 87.6 Å². The quantitative estimate of drug-likeness (QED) is 0.128. The molecular formula is C48H56N12O4. The van der Waals surface area contributed by atoms with Crippen molar-refractivity contribution < 1.29 is 18.9 Å². The van der Waals surface area contributed by atoms with Gasteiger partial charge in [-0.05, 0) is 99.2 Å². The number of aromatic nitrogens is 6. The summed E-state index contributed by atoms with van der Waals surface area (Å²) in [6.45, 7) is 18.6. The zero-order valence-corrected chi connectivity index (χ0v) is 37.4. The van der Waals surface area contributed by atoms with Crippen LogP contribution in [0.15, 0.2) is 77.7 Å². The summed E-state index contributed by atoms with van der Waals surface area (Å²) in [5.74, 6) is 1.44. The molecule has 1 unspecified atom stereocenters. The number of nitrogens with one attached hydrogen (secondary N) is 3. The Morgan fingerprint density at radius 1 is 0.922 bits per heavy atom. The monoisotopic (exact) mass is 864 g/mol. The third-order valence-electron chi connectivity index (χ3n) is 12.9. The minimum atomic E-state index is -0.412. The maximum Gasteiger partial charge on any atom is 0.328 e. The van der Waals surface area contributed by atoms with Gasteiger partial charge in [0.05, 0.1) is 11.7 Å². The van der Waals surface area contributed by atoms with Crippen LogP contribution < -0.4 is 25.3 Å². The van der Waals surface area contributed by atoms with E-state index in [1.54, 1.807) is 11.2 Å². The van der Waals surface area contributed by atoms with Crippen molar-refractivity contribution >= 4 is 46.1 Å². The number of piperidine rings is 1. The second-order valence-electron chi connectivity index (χ2n) is 18.5. The molecule has 3 N–H and O–H groups in total. The van der Waals surface area contributed by atoms with Gasteiger partial charge in [-0.3, -0.25) is 24.7 Å². The smallest absolute Gasteiger partial charge is 0.328 e. The number of anilines is 3. The summed E-state index contributed by atoms with van der Waals surface area (Å²) in [5.41, 5.74) is 8.05. The molecule has 16 heteroatoms. The Morgan fingerprint density at radius 3 is 2.38 bits per heavy atom. The van der Waals surface area contributed by atoms with Gasteiger partial charge < -0.3 is 24.6 Å². The van der Waals surface area contributed by atoms with Gasteiger partial charge in [0.25, 0.3) is 0 Å². The van der Waals surface area contributed by atoms with Crippen molar-refractivity contribution in [2.45, 2.75) is 78.3 Å². The average molecular weight is 865 g/mol. The van der Waals surface area contributed by atoms with Crippen LogP contribution in [0.3, 0.4) is 0 Å². The Kier molecular flexibility index (Phi) is 11.6. The van der Waals surface area contributed by atoms with Crippen LogP contribution in [0, 0.1) is 12.8 Å². The van der Waals surface area contributed by atoms with Crippen LogP contribution in [0.4, 0.5) is 22.0 Å². The number of nitrogens with zero attached hydrogens (tertiary/aromatic N) is 9. The molecule has 0 spiro atoms. The number of urea groups is 1. The van der Waals surface area contributed by atoms with Crippen LogP contribution in [0.2, 0.25) is 0 Å². The van der Waals surface area contributed by atoms with E-state index in [1.807, 2.05) is 65.1 Å². The minimum Gasteiger partial charge on any atom is -0.372 e. The SMILES string of the molecule is Cc1cc(-c2ncnc3[nH]c(-c4ccc(N5CCN(CC6CCN(c7ccc(N8CCC(=O)NC8=O)cc7)CC6)C[C@@H]5C)nc4)cc23)ccc1C(C)NC(=O)c1nc(C(C)(C)C)no1. The first kappa shape index (κ1) is 42.6. The van der Waals surface area contributed by atoms with Crippen molar-refractivity contribution in [2.24, 2.45) is 5.92 Å². The highest BCUT2D eigenvalue weighted by molar-refractivity contribution is 6.05. The molecule has 0 radical (unpaired) electrons. The van der Waals surface area contributed by atoms with Gasteiger partial charge in [0.2, 0.25) is 5.91 Å². The first-order chi connectivity index (χ1) is 30.8. The Morgan fingerprint density at radius 2 is 1.69 bits per heavy atom. The molecule has 0 bridgehead atoms. The fourth-order valence-corrected chi connectivity index (χ4v) is 9.24. The van der Waals surface area contributed by atoms with Crippen molar-refractivity contribution in [1.29, 1.82) is 0 Å². The number of imide groups is 1. The molecule has 3 fully saturated rings. The van der Waals surface area contributed by atoms with Crippen molar-refractivity contribution in [2.75, 3.05) is 60.5 Å². The van der Waals surface area contributed by atoms with Gasteiger partial charge in [0.1, 0.15) is 17.8 Å². The topological polar surface area (TPSA) is 182 Å². The standard InChI is InChI=1S/C48H56N12O4/c1-29-23-33(7-13-37(29)31(3)52-44(62)45-55-46(56-64-45)48(4,5)6)42-38-24-39(53-43(38)51-28-50-42)34-8-14-40(49-25-34)59-22-21-57(26-30(59)2)27-32-15-18-58(19-16-32)35-9-11-36(12-10-35)60-20-17-41(61)54-47(60)63/h7-14,23-25,28,30-32H,15-22,26-27H2,1-6H3,(H,52,62)(H,50,51,53)(H,54,61,63)/t30-,31?/m0/s1. The highest BCUT2D eigenvalue weighted by Crippen LogP contribution is 2.33. The number of aromatic amines is 1. The molecule has 7 heterocycles. The fraction of sp³-hybridized carbons (Fsp3) is 0.417. The summed E-state index contributed by atoms with van der Waals surface area (Å²) < 4.78 is 5.25.